The molecule has 158 valence electrons. The number of imidazole rings is 1. The molecule has 1 aliphatic rings. The summed E-state index contributed by atoms with van der Waals surface area (Å²) in [5.41, 5.74) is 5.40. The van der Waals surface area contributed by atoms with Gasteiger partial charge >= 0.3 is 6.03 Å². The third kappa shape index (κ3) is 3.41. The molecule has 1 aromatic heterocycles. The number of carbonyl (C=O) groups is 1. The largest absolute Gasteiger partial charge is 0.429 e. The summed E-state index contributed by atoms with van der Waals surface area (Å²) in [5.74, 6) is 1.39. The summed E-state index contributed by atoms with van der Waals surface area (Å²) in [7, 11) is 0. The molecule has 1 N–H and O–H groups in total. The summed E-state index contributed by atoms with van der Waals surface area (Å²) in [4.78, 5) is 24.3. The molecule has 1 atom stereocenters. The number of urea groups is 1. The van der Waals surface area contributed by atoms with Crippen LogP contribution >= 0.6 is 0 Å². The van der Waals surface area contributed by atoms with E-state index >= 15 is 0 Å². The number of anilines is 1. The normalized spacial score (nSPS) is 18.8. The van der Waals surface area contributed by atoms with Gasteiger partial charge < -0.3 is 4.98 Å². The van der Waals surface area contributed by atoms with Gasteiger partial charge in [0.15, 0.2) is 18.1 Å². The fourth-order valence-electron chi connectivity index (χ4n) is 4.52. The molecule has 2 aromatic carbocycles. The number of carbonyl (C=O) groups excluding carboxylic acids is 1. The molecule has 2 heterocycles. The number of aryl methyl sites for hydroxylation is 1. The zero-order chi connectivity index (χ0) is 21.5. The van der Waals surface area contributed by atoms with Gasteiger partial charge in [0.25, 0.3) is 0 Å². The summed E-state index contributed by atoms with van der Waals surface area (Å²) in [6, 6.07) is 14.9. The van der Waals surface area contributed by atoms with Crippen molar-refractivity contribution >= 4 is 28.4 Å². The Morgan fingerprint density at radius 3 is 2.53 bits per heavy atom. The van der Waals surface area contributed by atoms with Crippen molar-refractivity contribution in [3.63, 3.8) is 0 Å². The van der Waals surface area contributed by atoms with Crippen molar-refractivity contribution in [1.82, 2.24) is 14.5 Å². The van der Waals surface area contributed by atoms with Gasteiger partial charge in [0, 0.05) is 12.1 Å². The molecule has 0 aliphatic carbocycles. The Balaban J connectivity index is 1.85. The molecule has 0 saturated heterocycles. The van der Waals surface area contributed by atoms with Crippen LogP contribution in [0.2, 0.25) is 0 Å². The monoisotopic (exact) mass is 405 g/mol. The smallest absolute Gasteiger partial charge is 0.337 e. The number of fused-ring (bicyclic) bond motifs is 2. The number of para-hydroxylation sites is 2. The average molecular weight is 406 g/mol. The van der Waals surface area contributed by atoms with Gasteiger partial charge in [0.05, 0.1) is 17.6 Å². The molecule has 0 saturated carbocycles. The molecule has 5 heteroatoms. The molecule has 0 spiro atoms. The van der Waals surface area contributed by atoms with E-state index in [1.807, 2.05) is 29.2 Å². The fraction of sp³-hybridized carbons (Fsp3) is 0.440. The minimum atomic E-state index is 0.109. The van der Waals surface area contributed by atoms with Gasteiger partial charge in [-0.2, -0.15) is 4.48 Å². The lowest BCUT2D eigenvalue weighted by atomic mass is 10.1. The van der Waals surface area contributed by atoms with E-state index in [4.69, 9.17) is 4.98 Å². The summed E-state index contributed by atoms with van der Waals surface area (Å²) in [6.07, 6.45) is 1.94. The van der Waals surface area contributed by atoms with E-state index in [1.165, 1.54) is 5.56 Å². The van der Waals surface area contributed by atoms with Crippen molar-refractivity contribution in [2.24, 2.45) is 5.92 Å². The third-order valence-corrected chi connectivity index (χ3v) is 6.20. The van der Waals surface area contributed by atoms with Gasteiger partial charge in [-0.05, 0) is 56.4 Å². The Hall–Kier alpha value is -2.66. The molecule has 1 unspecified atom stereocenters. The van der Waals surface area contributed by atoms with E-state index < -0.39 is 0 Å². The highest BCUT2D eigenvalue weighted by Crippen LogP contribution is 2.46. The third-order valence-electron chi connectivity index (χ3n) is 6.20. The van der Waals surface area contributed by atoms with Gasteiger partial charge in [0.1, 0.15) is 5.69 Å². The average Bonchev–Trinajstić information content (AvgIpc) is 3.22. The number of nitrogens with one attached hydrogen (secondary N) is 1. The number of hydrogen-bond acceptors (Lipinski definition) is 2. The number of quaternary nitrogens is 1. The number of aromatic nitrogens is 2. The van der Waals surface area contributed by atoms with Crippen LogP contribution in [0.15, 0.2) is 42.5 Å². The van der Waals surface area contributed by atoms with Crippen LogP contribution in [-0.4, -0.2) is 28.6 Å². The number of rotatable bonds is 7. The lowest BCUT2D eigenvalue weighted by molar-refractivity contribution is 0.202. The van der Waals surface area contributed by atoms with Crippen LogP contribution in [-0.2, 0) is 13.0 Å². The lowest BCUT2D eigenvalue weighted by Gasteiger charge is -2.32. The highest BCUT2D eigenvalue weighted by atomic mass is 16.2. The maximum Gasteiger partial charge on any atom is 0.429 e. The van der Waals surface area contributed by atoms with Crippen molar-refractivity contribution in [3.8, 4) is 0 Å². The summed E-state index contributed by atoms with van der Waals surface area (Å²) >= 11 is 0. The topological polar surface area (TPSA) is 49.0 Å². The SMILES string of the molecule is CCc1ccc2c(c1)N(C(C)C)C(=O)[N+]2(CCC(C)C)Cc1nc2ccccc2[nH]1. The van der Waals surface area contributed by atoms with E-state index in [0.717, 1.165) is 47.6 Å². The molecule has 0 fully saturated rings. The van der Waals surface area contributed by atoms with Gasteiger partial charge in [-0.15, -0.1) is 0 Å². The van der Waals surface area contributed by atoms with Crippen LogP contribution in [0.4, 0.5) is 16.2 Å². The first-order chi connectivity index (χ1) is 14.4. The molecule has 3 aromatic rings. The minimum Gasteiger partial charge on any atom is -0.337 e. The fourth-order valence-corrected chi connectivity index (χ4v) is 4.52. The first-order valence-corrected chi connectivity index (χ1v) is 11.1. The zero-order valence-corrected chi connectivity index (χ0v) is 18.8. The minimum absolute atomic E-state index is 0.109. The summed E-state index contributed by atoms with van der Waals surface area (Å²) in [6.45, 7) is 12.1. The predicted molar refractivity (Wildman–Crippen MR) is 125 cm³/mol. The molecule has 4 rings (SSSR count). The van der Waals surface area contributed by atoms with Crippen molar-refractivity contribution in [3.05, 3.63) is 53.9 Å². The van der Waals surface area contributed by atoms with Crippen LogP contribution in [0.1, 0.15) is 52.4 Å². The standard InChI is InChI=1S/C25H33N4O/c1-6-19-11-12-23-22(15-19)28(18(4)5)25(30)29(23,14-13-17(2)3)16-24-26-20-9-7-8-10-21(20)27-24/h7-12,15,17-18H,6,13-14,16H2,1-5H3,(H,26,27)/q+1. The molecule has 2 amide bonds. The van der Waals surface area contributed by atoms with Crippen LogP contribution in [0.3, 0.4) is 0 Å². The van der Waals surface area contributed by atoms with Crippen molar-refractivity contribution in [1.29, 1.82) is 0 Å². The number of hydrogen-bond donors (Lipinski definition) is 1. The maximum atomic E-state index is 14.0. The second-order valence-electron chi connectivity index (χ2n) is 9.16. The first kappa shape index (κ1) is 20.6. The molecular weight excluding hydrogens is 372 g/mol. The summed E-state index contributed by atoms with van der Waals surface area (Å²) < 4.78 is 0.301. The van der Waals surface area contributed by atoms with Gasteiger partial charge in [0.2, 0.25) is 0 Å². The van der Waals surface area contributed by atoms with Gasteiger partial charge in [-0.1, -0.05) is 39.0 Å². The van der Waals surface area contributed by atoms with Gasteiger partial charge in [-0.3, -0.25) is 4.90 Å². The molecule has 1 aliphatic heterocycles. The molecule has 0 bridgehead atoms. The molecule has 30 heavy (non-hydrogen) atoms. The van der Waals surface area contributed by atoms with E-state index in [-0.39, 0.29) is 12.1 Å². The molecule has 0 radical (unpaired) electrons. The maximum absolute atomic E-state index is 14.0. The van der Waals surface area contributed by atoms with Crippen LogP contribution in [0.5, 0.6) is 0 Å². The summed E-state index contributed by atoms with van der Waals surface area (Å²) in [5, 5.41) is 0. The van der Waals surface area contributed by atoms with Crippen molar-refractivity contribution < 1.29 is 4.79 Å². The molecular formula is C25H33N4O+. The first-order valence-electron chi connectivity index (χ1n) is 11.1. The number of aromatic amines is 1. The Morgan fingerprint density at radius 1 is 1.10 bits per heavy atom. The van der Waals surface area contributed by atoms with Gasteiger partial charge in [-0.25, -0.2) is 9.78 Å². The Labute approximate surface area is 179 Å². The van der Waals surface area contributed by atoms with E-state index in [2.05, 4.69) is 57.8 Å². The van der Waals surface area contributed by atoms with Crippen molar-refractivity contribution in [2.75, 3.05) is 11.4 Å². The number of nitrogens with zero attached hydrogens (tertiary/aromatic N) is 3. The zero-order valence-electron chi connectivity index (χ0n) is 18.8. The van der Waals surface area contributed by atoms with Crippen LogP contribution in [0, 0.1) is 5.92 Å². The van der Waals surface area contributed by atoms with Crippen LogP contribution < -0.4 is 9.38 Å². The highest BCUT2D eigenvalue weighted by molar-refractivity contribution is 6.10. The molecule has 5 nitrogen and oxygen atoms in total. The highest BCUT2D eigenvalue weighted by Gasteiger charge is 2.53. The quantitative estimate of drug-likeness (QED) is 0.488. The van der Waals surface area contributed by atoms with Crippen LogP contribution in [0.25, 0.3) is 11.0 Å². The van der Waals surface area contributed by atoms with E-state index in [9.17, 15) is 4.79 Å². The number of H-pyrrole nitrogens is 1. The Morgan fingerprint density at radius 2 is 1.87 bits per heavy atom. The second-order valence-corrected chi connectivity index (χ2v) is 9.16. The Bertz CT molecular complexity index is 1030. The number of benzene rings is 2. The lowest BCUT2D eigenvalue weighted by Crippen LogP contribution is -2.56. The Kier molecular flexibility index (Phi) is 5.41. The number of amides is 2. The second kappa shape index (κ2) is 7.88. The predicted octanol–water partition coefficient (Wildman–Crippen LogP) is 6.03. The van der Waals surface area contributed by atoms with Crippen molar-refractivity contribution in [2.45, 2.75) is 60.0 Å². The van der Waals surface area contributed by atoms with E-state index in [0.29, 0.717) is 16.9 Å². The van der Waals surface area contributed by atoms with E-state index in [1.54, 1.807) is 0 Å².